The third kappa shape index (κ3) is 1.88. The van der Waals surface area contributed by atoms with Crippen LogP contribution in [0.1, 0.15) is 13.8 Å². The highest BCUT2D eigenvalue weighted by Gasteiger charge is 2.53. The van der Waals surface area contributed by atoms with Crippen LogP contribution < -0.4 is 5.73 Å². The molecule has 0 aliphatic heterocycles. The first-order valence-electron chi connectivity index (χ1n) is 3.16. The lowest BCUT2D eigenvalue weighted by Crippen LogP contribution is -2.52. The summed E-state index contributed by atoms with van der Waals surface area (Å²) in [6.07, 6.45) is -4.61. The highest BCUT2D eigenvalue weighted by Crippen LogP contribution is 2.39. The van der Waals surface area contributed by atoms with Crippen LogP contribution in [0.4, 0.5) is 13.2 Å². The topological polar surface area (TPSA) is 63.3 Å². The lowest BCUT2D eigenvalue weighted by Gasteiger charge is -2.30. The molecule has 1 unspecified atom stereocenters. The SMILES string of the molecule is CC(C)(C(N)C(=O)O)C(F)(F)F. The second kappa shape index (κ2) is 2.93. The molecule has 0 radical (unpaired) electrons. The van der Waals surface area contributed by atoms with Crippen LogP contribution >= 0.6 is 0 Å². The van der Waals surface area contributed by atoms with Gasteiger partial charge < -0.3 is 10.8 Å². The number of alkyl halides is 3. The molecule has 0 aromatic carbocycles. The van der Waals surface area contributed by atoms with Gasteiger partial charge in [0.25, 0.3) is 0 Å². The molecule has 0 spiro atoms. The van der Waals surface area contributed by atoms with Crippen molar-refractivity contribution < 1.29 is 23.1 Å². The molecule has 0 rings (SSSR count). The van der Waals surface area contributed by atoms with E-state index in [0.29, 0.717) is 0 Å². The van der Waals surface area contributed by atoms with E-state index in [1.54, 1.807) is 0 Å². The summed E-state index contributed by atoms with van der Waals surface area (Å²) in [4.78, 5) is 10.2. The predicted molar refractivity (Wildman–Crippen MR) is 35.4 cm³/mol. The van der Waals surface area contributed by atoms with E-state index in [4.69, 9.17) is 10.8 Å². The standard InChI is InChI=1S/C6H10F3NO2/c1-5(2,6(7,8)9)3(10)4(11)12/h3H,10H2,1-2H3,(H,11,12). The van der Waals surface area contributed by atoms with Gasteiger partial charge in [-0.25, -0.2) is 0 Å². The number of halogens is 3. The molecule has 0 fully saturated rings. The third-order valence-electron chi connectivity index (χ3n) is 1.77. The van der Waals surface area contributed by atoms with Crippen LogP contribution in [0.5, 0.6) is 0 Å². The van der Waals surface area contributed by atoms with Gasteiger partial charge in [0.05, 0.1) is 5.41 Å². The molecule has 3 nitrogen and oxygen atoms in total. The van der Waals surface area contributed by atoms with E-state index < -0.39 is 23.6 Å². The summed E-state index contributed by atoms with van der Waals surface area (Å²) in [5.74, 6) is -1.66. The summed E-state index contributed by atoms with van der Waals surface area (Å²) in [6.45, 7) is 1.51. The Morgan fingerprint density at radius 1 is 1.42 bits per heavy atom. The molecule has 0 aromatic rings. The number of hydrogen-bond acceptors (Lipinski definition) is 2. The Balaban J connectivity index is 4.73. The number of carboxylic acid groups (broad SMARTS) is 1. The molecule has 1 atom stereocenters. The van der Waals surface area contributed by atoms with Gasteiger partial charge in [0.2, 0.25) is 0 Å². The first kappa shape index (κ1) is 11.2. The number of aliphatic carboxylic acids is 1. The van der Waals surface area contributed by atoms with Gasteiger partial charge in [-0.2, -0.15) is 13.2 Å². The zero-order valence-electron chi connectivity index (χ0n) is 6.64. The Bertz CT molecular complexity index is 188. The van der Waals surface area contributed by atoms with Crippen molar-refractivity contribution in [2.45, 2.75) is 26.1 Å². The molecule has 0 heterocycles. The number of carboxylic acids is 1. The smallest absolute Gasteiger partial charge is 0.396 e. The lowest BCUT2D eigenvalue weighted by atomic mass is 9.84. The van der Waals surface area contributed by atoms with E-state index in [1.807, 2.05) is 0 Å². The molecule has 0 saturated heterocycles. The summed E-state index contributed by atoms with van der Waals surface area (Å²) in [5, 5.41) is 8.26. The average molecular weight is 185 g/mol. The molecule has 0 aliphatic carbocycles. The van der Waals surface area contributed by atoms with E-state index in [2.05, 4.69) is 0 Å². The zero-order chi connectivity index (χ0) is 10.2. The van der Waals surface area contributed by atoms with Crippen LogP contribution in [-0.4, -0.2) is 23.3 Å². The van der Waals surface area contributed by atoms with Gasteiger partial charge in [-0.05, 0) is 13.8 Å². The van der Waals surface area contributed by atoms with E-state index in [9.17, 15) is 18.0 Å². The second-order valence-electron chi connectivity index (χ2n) is 3.04. The fraction of sp³-hybridized carbons (Fsp3) is 0.833. The van der Waals surface area contributed by atoms with E-state index in [-0.39, 0.29) is 0 Å². The maximum atomic E-state index is 12.1. The van der Waals surface area contributed by atoms with E-state index in [0.717, 1.165) is 13.8 Å². The van der Waals surface area contributed by atoms with Crippen LogP contribution in [0.3, 0.4) is 0 Å². The van der Waals surface area contributed by atoms with Crippen LogP contribution in [0.15, 0.2) is 0 Å². The van der Waals surface area contributed by atoms with Crippen LogP contribution in [-0.2, 0) is 4.79 Å². The molecule has 0 aliphatic rings. The quantitative estimate of drug-likeness (QED) is 0.674. The number of hydrogen-bond donors (Lipinski definition) is 2. The predicted octanol–water partition coefficient (Wildman–Crippen LogP) is 0.987. The van der Waals surface area contributed by atoms with Crippen molar-refractivity contribution in [3.63, 3.8) is 0 Å². The monoisotopic (exact) mass is 185 g/mol. The number of carbonyl (C=O) groups is 1. The van der Waals surface area contributed by atoms with Crippen molar-refractivity contribution >= 4 is 5.97 Å². The van der Waals surface area contributed by atoms with Gasteiger partial charge in [-0.3, -0.25) is 4.79 Å². The van der Waals surface area contributed by atoms with Crippen LogP contribution in [0.2, 0.25) is 0 Å². The molecule has 0 bridgehead atoms. The normalized spacial score (nSPS) is 15.8. The molecule has 3 N–H and O–H groups in total. The van der Waals surface area contributed by atoms with Gasteiger partial charge >= 0.3 is 12.1 Å². The van der Waals surface area contributed by atoms with Gasteiger partial charge in [0, 0.05) is 0 Å². The number of nitrogens with two attached hydrogens (primary N) is 1. The lowest BCUT2D eigenvalue weighted by molar-refractivity contribution is -0.221. The zero-order valence-corrected chi connectivity index (χ0v) is 6.64. The maximum absolute atomic E-state index is 12.1. The molecular weight excluding hydrogens is 175 g/mol. The van der Waals surface area contributed by atoms with Crippen molar-refractivity contribution in [2.75, 3.05) is 0 Å². The van der Waals surface area contributed by atoms with Gasteiger partial charge in [-0.1, -0.05) is 0 Å². The third-order valence-corrected chi connectivity index (χ3v) is 1.77. The second-order valence-corrected chi connectivity index (χ2v) is 3.04. The summed E-state index contributed by atoms with van der Waals surface area (Å²) in [5.41, 5.74) is 2.46. The van der Waals surface area contributed by atoms with Crippen LogP contribution in [0.25, 0.3) is 0 Å². The molecule has 12 heavy (non-hydrogen) atoms. The van der Waals surface area contributed by atoms with Crippen molar-refractivity contribution in [3.8, 4) is 0 Å². The molecule has 0 aromatic heterocycles. The Morgan fingerprint density at radius 3 is 1.83 bits per heavy atom. The highest BCUT2D eigenvalue weighted by atomic mass is 19.4. The van der Waals surface area contributed by atoms with Crippen LogP contribution in [0, 0.1) is 5.41 Å². The summed E-state index contributed by atoms with van der Waals surface area (Å²) in [7, 11) is 0. The highest BCUT2D eigenvalue weighted by molar-refractivity contribution is 5.74. The van der Waals surface area contributed by atoms with E-state index >= 15 is 0 Å². The first-order chi connectivity index (χ1) is 5.10. The Morgan fingerprint density at radius 2 is 1.75 bits per heavy atom. The van der Waals surface area contributed by atoms with Crippen molar-refractivity contribution in [2.24, 2.45) is 11.1 Å². The van der Waals surface area contributed by atoms with Gasteiger partial charge in [0.15, 0.2) is 0 Å². The summed E-state index contributed by atoms with van der Waals surface area (Å²) < 4.78 is 36.3. The number of rotatable bonds is 2. The van der Waals surface area contributed by atoms with Crippen molar-refractivity contribution in [3.05, 3.63) is 0 Å². The molecule has 72 valence electrons. The molecular formula is C6H10F3NO2. The van der Waals surface area contributed by atoms with Crippen molar-refractivity contribution in [1.82, 2.24) is 0 Å². The fourth-order valence-electron chi connectivity index (χ4n) is 0.485. The maximum Gasteiger partial charge on any atom is 0.396 e. The van der Waals surface area contributed by atoms with Gasteiger partial charge in [-0.15, -0.1) is 0 Å². The Kier molecular flexibility index (Phi) is 2.74. The summed E-state index contributed by atoms with van der Waals surface area (Å²) in [6, 6.07) is -1.93. The minimum atomic E-state index is -4.61. The van der Waals surface area contributed by atoms with Gasteiger partial charge in [0.1, 0.15) is 6.04 Å². The fourth-order valence-corrected chi connectivity index (χ4v) is 0.485. The molecule has 6 heteroatoms. The Hall–Kier alpha value is -0.780. The van der Waals surface area contributed by atoms with Crippen molar-refractivity contribution in [1.29, 1.82) is 0 Å². The van der Waals surface area contributed by atoms with E-state index in [1.165, 1.54) is 0 Å². The molecule has 0 amide bonds. The minimum Gasteiger partial charge on any atom is -0.480 e. The Labute approximate surface area is 67.4 Å². The minimum absolute atomic E-state index is 0.756. The summed E-state index contributed by atoms with van der Waals surface area (Å²) >= 11 is 0. The first-order valence-corrected chi connectivity index (χ1v) is 3.16. The average Bonchev–Trinajstić information content (AvgIpc) is 1.83. The largest absolute Gasteiger partial charge is 0.480 e. The molecule has 0 saturated carbocycles.